The van der Waals surface area contributed by atoms with Crippen LogP contribution in [0.5, 0.6) is 11.6 Å². The highest BCUT2D eigenvalue weighted by Gasteiger charge is 2.33. The van der Waals surface area contributed by atoms with Gasteiger partial charge in [-0.25, -0.2) is 9.37 Å². The number of benzene rings is 1. The molecule has 1 aliphatic carbocycles. The second-order valence-electron chi connectivity index (χ2n) is 7.39. The molecule has 2 aromatic heterocycles. The SMILES string of the molecule is Cl.NCC1(Cc2nc(-c3ccc(Oc4ccc(F)cc4)nc3)no2)CCCCC1. The van der Waals surface area contributed by atoms with Crippen LogP contribution in [0.3, 0.4) is 0 Å². The molecule has 0 aliphatic heterocycles. The van der Waals surface area contributed by atoms with Crippen LogP contribution in [0.25, 0.3) is 11.4 Å². The zero-order chi connectivity index (χ0) is 19.4. The van der Waals surface area contributed by atoms with E-state index in [1.165, 1.54) is 31.4 Å². The smallest absolute Gasteiger partial charge is 0.227 e. The third kappa shape index (κ3) is 5.10. The summed E-state index contributed by atoms with van der Waals surface area (Å²) in [7, 11) is 0. The summed E-state index contributed by atoms with van der Waals surface area (Å²) >= 11 is 0. The summed E-state index contributed by atoms with van der Waals surface area (Å²) in [6.07, 6.45) is 8.25. The zero-order valence-corrected chi connectivity index (χ0v) is 16.8. The van der Waals surface area contributed by atoms with E-state index in [0.29, 0.717) is 29.9 Å². The highest BCUT2D eigenvalue weighted by Crippen LogP contribution is 2.38. The lowest BCUT2D eigenvalue weighted by Gasteiger charge is -2.34. The van der Waals surface area contributed by atoms with Gasteiger partial charge in [0.2, 0.25) is 17.6 Å². The van der Waals surface area contributed by atoms with Crippen LogP contribution < -0.4 is 10.5 Å². The molecule has 3 aromatic rings. The maximum atomic E-state index is 13.0. The molecule has 8 heteroatoms. The van der Waals surface area contributed by atoms with Crippen molar-refractivity contribution in [3.8, 4) is 23.0 Å². The number of hydrogen-bond acceptors (Lipinski definition) is 6. The Labute approximate surface area is 175 Å². The lowest BCUT2D eigenvalue weighted by molar-refractivity contribution is 0.177. The van der Waals surface area contributed by atoms with Gasteiger partial charge in [-0.3, -0.25) is 0 Å². The predicted molar refractivity (Wildman–Crippen MR) is 110 cm³/mol. The minimum atomic E-state index is -0.312. The van der Waals surface area contributed by atoms with Gasteiger partial charge in [-0.1, -0.05) is 24.4 Å². The van der Waals surface area contributed by atoms with Crippen LogP contribution in [-0.4, -0.2) is 21.7 Å². The predicted octanol–water partition coefficient (Wildman–Crippen LogP) is 4.94. The Morgan fingerprint density at radius 3 is 2.48 bits per heavy atom. The van der Waals surface area contributed by atoms with Crippen molar-refractivity contribution in [1.82, 2.24) is 15.1 Å². The first kappa shape index (κ1) is 21.2. The molecule has 154 valence electrons. The Balaban J connectivity index is 0.00000240. The first-order valence-electron chi connectivity index (χ1n) is 9.58. The minimum Gasteiger partial charge on any atom is -0.439 e. The number of nitrogens with two attached hydrogens (primary N) is 1. The quantitative estimate of drug-likeness (QED) is 0.610. The van der Waals surface area contributed by atoms with Crippen LogP contribution in [0.2, 0.25) is 0 Å². The van der Waals surface area contributed by atoms with E-state index >= 15 is 0 Å². The number of hydrogen-bond donors (Lipinski definition) is 1. The molecular weight excluding hydrogens is 395 g/mol. The van der Waals surface area contributed by atoms with Crippen LogP contribution in [0.4, 0.5) is 4.39 Å². The molecule has 0 amide bonds. The summed E-state index contributed by atoms with van der Waals surface area (Å²) in [5.41, 5.74) is 6.88. The van der Waals surface area contributed by atoms with Gasteiger partial charge < -0.3 is 15.0 Å². The van der Waals surface area contributed by atoms with Gasteiger partial charge in [0.1, 0.15) is 11.6 Å². The molecule has 0 spiro atoms. The van der Waals surface area contributed by atoms with Gasteiger partial charge in [0.15, 0.2) is 0 Å². The topological polar surface area (TPSA) is 87.1 Å². The summed E-state index contributed by atoms with van der Waals surface area (Å²) in [5, 5.41) is 4.09. The Bertz CT molecular complexity index is 909. The van der Waals surface area contributed by atoms with Crippen molar-refractivity contribution >= 4 is 12.4 Å². The lowest BCUT2D eigenvalue weighted by Crippen LogP contribution is -2.35. The molecule has 6 nitrogen and oxygen atoms in total. The fourth-order valence-electron chi connectivity index (χ4n) is 3.72. The molecule has 0 saturated heterocycles. The molecule has 29 heavy (non-hydrogen) atoms. The van der Waals surface area contributed by atoms with Crippen LogP contribution in [0.1, 0.15) is 38.0 Å². The van der Waals surface area contributed by atoms with E-state index in [-0.39, 0.29) is 23.6 Å². The highest BCUT2D eigenvalue weighted by molar-refractivity contribution is 5.85. The first-order valence-corrected chi connectivity index (χ1v) is 9.58. The Morgan fingerprint density at radius 1 is 1.07 bits per heavy atom. The average molecular weight is 419 g/mol. The van der Waals surface area contributed by atoms with Crippen molar-refractivity contribution < 1.29 is 13.7 Å². The summed E-state index contributed by atoms with van der Waals surface area (Å²) in [6, 6.07) is 9.32. The van der Waals surface area contributed by atoms with Gasteiger partial charge in [0, 0.05) is 24.2 Å². The van der Waals surface area contributed by atoms with Crippen molar-refractivity contribution in [2.45, 2.75) is 38.5 Å². The van der Waals surface area contributed by atoms with Gasteiger partial charge in [0.05, 0.1) is 0 Å². The summed E-state index contributed by atoms with van der Waals surface area (Å²) in [6.45, 7) is 0.641. The maximum absolute atomic E-state index is 13.0. The van der Waals surface area contributed by atoms with Crippen molar-refractivity contribution in [1.29, 1.82) is 0 Å². The molecule has 2 N–H and O–H groups in total. The largest absolute Gasteiger partial charge is 0.439 e. The molecule has 0 unspecified atom stereocenters. The van der Waals surface area contributed by atoms with E-state index in [1.807, 2.05) is 6.07 Å². The van der Waals surface area contributed by atoms with Crippen LogP contribution >= 0.6 is 12.4 Å². The van der Waals surface area contributed by atoms with Crippen LogP contribution in [0, 0.1) is 11.2 Å². The fourth-order valence-corrected chi connectivity index (χ4v) is 3.72. The standard InChI is InChI=1S/C21H23FN4O2.ClH/c22-16-5-7-17(8-6-16)27-18-9-4-15(13-24-18)20-25-19(28-26-20)12-21(14-23)10-2-1-3-11-21;/h4-9,13H,1-3,10-12,14,23H2;1H. The van der Waals surface area contributed by atoms with Gasteiger partial charge in [-0.15, -0.1) is 12.4 Å². The van der Waals surface area contributed by atoms with E-state index < -0.39 is 0 Å². The van der Waals surface area contributed by atoms with E-state index in [0.717, 1.165) is 24.8 Å². The third-order valence-electron chi connectivity index (χ3n) is 5.37. The van der Waals surface area contributed by atoms with Gasteiger partial charge >= 0.3 is 0 Å². The normalized spacial score (nSPS) is 15.5. The molecule has 1 saturated carbocycles. The highest BCUT2D eigenvalue weighted by atomic mass is 35.5. The average Bonchev–Trinajstić information content (AvgIpc) is 3.19. The van der Waals surface area contributed by atoms with Crippen molar-refractivity contribution in [3.63, 3.8) is 0 Å². The summed E-state index contributed by atoms with van der Waals surface area (Å²) < 4.78 is 24.0. The molecule has 1 aliphatic rings. The number of nitrogens with zero attached hydrogens (tertiary/aromatic N) is 3. The van der Waals surface area contributed by atoms with E-state index in [1.54, 1.807) is 24.4 Å². The number of ether oxygens (including phenoxy) is 1. The number of pyridine rings is 1. The van der Waals surface area contributed by atoms with Crippen molar-refractivity contribution in [3.05, 3.63) is 54.3 Å². The Kier molecular flexibility index (Phi) is 6.82. The molecule has 0 atom stereocenters. The van der Waals surface area contributed by atoms with Crippen LogP contribution in [0.15, 0.2) is 47.1 Å². The van der Waals surface area contributed by atoms with E-state index in [2.05, 4.69) is 15.1 Å². The Hall–Kier alpha value is -2.51. The number of aromatic nitrogens is 3. The third-order valence-corrected chi connectivity index (χ3v) is 5.37. The second-order valence-corrected chi connectivity index (χ2v) is 7.39. The molecule has 0 radical (unpaired) electrons. The molecule has 1 aromatic carbocycles. The molecule has 0 bridgehead atoms. The van der Waals surface area contributed by atoms with Crippen LogP contribution in [-0.2, 0) is 6.42 Å². The maximum Gasteiger partial charge on any atom is 0.227 e. The molecular formula is C21H24ClFN4O2. The fraction of sp³-hybridized carbons (Fsp3) is 0.381. The molecule has 4 rings (SSSR count). The van der Waals surface area contributed by atoms with Gasteiger partial charge in [0.25, 0.3) is 0 Å². The minimum absolute atomic E-state index is 0. The molecule has 2 heterocycles. The zero-order valence-electron chi connectivity index (χ0n) is 16.0. The Morgan fingerprint density at radius 2 is 1.83 bits per heavy atom. The number of rotatable bonds is 6. The van der Waals surface area contributed by atoms with Gasteiger partial charge in [-0.05, 0) is 55.1 Å². The summed E-state index contributed by atoms with van der Waals surface area (Å²) in [4.78, 5) is 8.81. The van der Waals surface area contributed by atoms with E-state index in [9.17, 15) is 4.39 Å². The second kappa shape index (κ2) is 9.33. The lowest BCUT2D eigenvalue weighted by atomic mass is 9.72. The van der Waals surface area contributed by atoms with E-state index in [4.69, 9.17) is 15.0 Å². The monoisotopic (exact) mass is 418 g/mol. The van der Waals surface area contributed by atoms with Crippen molar-refractivity contribution in [2.24, 2.45) is 11.1 Å². The molecule has 1 fully saturated rings. The van der Waals surface area contributed by atoms with Crippen molar-refractivity contribution in [2.75, 3.05) is 6.54 Å². The number of halogens is 2. The van der Waals surface area contributed by atoms with Gasteiger partial charge in [-0.2, -0.15) is 4.98 Å². The first-order chi connectivity index (χ1) is 13.7. The summed E-state index contributed by atoms with van der Waals surface area (Å²) in [5.74, 6) is 1.73.